The van der Waals surface area contributed by atoms with Crippen LogP contribution in [0.5, 0.6) is 5.75 Å². The molecule has 1 aromatic heterocycles. The number of nitrogens with zero attached hydrogens (tertiary/aromatic N) is 4. The van der Waals surface area contributed by atoms with Crippen LogP contribution in [0.4, 0.5) is 28.7 Å². The van der Waals surface area contributed by atoms with Crippen molar-refractivity contribution in [2.24, 2.45) is 0 Å². The van der Waals surface area contributed by atoms with Crippen molar-refractivity contribution >= 4 is 40.3 Å². The number of anilines is 5. The number of nitrogen functional groups attached to an aromatic ring is 1. The minimum absolute atomic E-state index is 0.534. The van der Waals surface area contributed by atoms with Crippen LogP contribution in [0.15, 0.2) is 48.8 Å². The third kappa shape index (κ3) is 4.21. The highest BCUT2D eigenvalue weighted by atomic mass is 35.5. The van der Waals surface area contributed by atoms with E-state index in [-0.39, 0.29) is 0 Å². The Morgan fingerprint density at radius 1 is 1.00 bits per heavy atom. The first kappa shape index (κ1) is 20.1. The second-order valence-corrected chi connectivity index (χ2v) is 7.63. The van der Waals surface area contributed by atoms with Gasteiger partial charge in [-0.15, -0.1) is 0 Å². The minimum Gasteiger partial charge on any atom is -0.497 e. The molecule has 3 N–H and O–H groups in total. The molecule has 0 radical (unpaired) electrons. The SMILES string of the molecule is COc1ccc(N2CCN(c3ncnc(Nc4ccc(C)c(Cl)c4)c3N)CC2)cc1. The summed E-state index contributed by atoms with van der Waals surface area (Å²) in [5, 5.41) is 3.95. The minimum atomic E-state index is 0.534. The van der Waals surface area contributed by atoms with Crippen LogP contribution in [-0.4, -0.2) is 43.3 Å². The molecule has 1 aliphatic rings. The number of piperazine rings is 1. The number of aromatic nitrogens is 2. The van der Waals surface area contributed by atoms with E-state index in [1.165, 1.54) is 5.69 Å². The lowest BCUT2D eigenvalue weighted by molar-refractivity contribution is 0.415. The maximum Gasteiger partial charge on any atom is 0.159 e. The largest absolute Gasteiger partial charge is 0.497 e. The van der Waals surface area contributed by atoms with E-state index in [9.17, 15) is 0 Å². The van der Waals surface area contributed by atoms with Gasteiger partial charge in [-0.3, -0.25) is 0 Å². The Morgan fingerprint density at radius 2 is 1.70 bits per heavy atom. The Morgan fingerprint density at radius 3 is 2.37 bits per heavy atom. The van der Waals surface area contributed by atoms with Crippen molar-refractivity contribution in [2.45, 2.75) is 6.92 Å². The molecule has 2 aromatic carbocycles. The number of aryl methyl sites for hydroxylation is 1. The van der Waals surface area contributed by atoms with Gasteiger partial charge in [0.05, 0.1) is 7.11 Å². The monoisotopic (exact) mass is 424 g/mol. The third-order valence-electron chi connectivity index (χ3n) is 5.31. The fourth-order valence-electron chi connectivity index (χ4n) is 3.51. The fourth-order valence-corrected chi connectivity index (χ4v) is 3.70. The van der Waals surface area contributed by atoms with Crippen LogP contribution in [0, 0.1) is 6.92 Å². The molecule has 0 bridgehead atoms. The van der Waals surface area contributed by atoms with Crippen LogP contribution in [0.25, 0.3) is 0 Å². The smallest absolute Gasteiger partial charge is 0.159 e. The summed E-state index contributed by atoms with van der Waals surface area (Å²) in [5.41, 5.74) is 10.00. The highest BCUT2D eigenvalue weighted by molar-refractivity contribution is 6.31. The van der Waals surface area contributed by atoms with E-state index in [0.29, 0.717) is 16.5 Å². The van der Waals surface area contributed by atoms with Crippen LogP contribution in [0.3, 0.4) is 0 Å². The lowest BCUT2D eigenvalue weighted by Gasteiger charge is -2.37. The molecule has 4 rings (SSSR count). The highest BCUT2D eigenvalue weighted by Crippen LogP contribution is 2.31. The summed E-state index contributed by atoms with van der Waals surface area (Å²) < 4.78 is 5.24. The van der Waals surface area contributed by atoms with Crippen molar-refractivity contribution in [2.75, 3.05) is 54.1 Å². The summed E-state index contributed by atoms with van der Waals surface area (Å²) in [4.78, 5) is 13.3. The number of nitrogens with two attached hydrogens (primary N) is 1. The summed E-state index contributed by atoms with van der Waals surface area (Å²) in [6.45, 7) is 5.37. The fraction of sp³-hybridized carbons (Fsp3) is 0.273. The molecular formula is C22H25ClN6O. The van der Waals surface area contributed by atoms with Gasteiger partial charge in [-0.05, 0) is 48.9 Å². The van der Waals surface area contributed by atoms with Gasteiger partial charge in [0.1, 0.15) is 17.8 Å². The molecule has 0 spiro atoms. The van der Waals surface area contributed by atoms with Crippen LogP contribution in [0.1, 0.15) is 5.56 Å². The van der Waals surface area contributed by atoms with E-state index in [1.807, 2.05) is 37.3 Å². The molecule has 1 fully saturated rings. The Balaban J connectivity index is 1.45. The molecule has 0 unspecified atom stereocenters. The van der Waals surface area contributed by atoms with Crippen molar-refractivity contribution in [1.82, 2.24) is 9.97 Å². The zero-order chi connectivity index (χ0) is 21.1. The Kier molecular flexibility index (Phi) is 5.81. The lowest BCUT2D eigenvalue weighted by atomic mass is 10.2. The normalized spacial score (nSPS) is 14.0. The van der Waals surface area contributed by atoms with Gasteiger partial charge in [-0.1, -0.05) is 17.7 Å². The topological polar surface area (TPSA) is 79.5 Å². The quantitative estimate of drug-likeness (QED) is 0.638. The van der Waals surface area contributed by atoms with Gasteiger partial charge in [0.15, 0.2) is 11.6 Å². The first-order valence-electron chi connectivity index (χ1n) is 9.83. The third-order valence-corrected chi connectivity index (χ3v) is 5.72. The molecule has 8 heteroatoms. The molecule has 0 atom stereocenters. The molecule has 0 saturated carbocycles. The molecular weight excluding hydrogens is 400 g/mol. The average molecular weight is 425 g/mol. The Labute approximate surface area is 181 Å². The van der Waals surface area contributed by atoms with E-state index in [1.54, 1.807) is 13.4 Å². The molecule has 1 saturated heterocycles. The van der Waals surface area contributed by atoms with E-state index in [4.69, 9.17) is 22.1 Å². The second-order valence-electron chi connectivity index (χ2n) is 7.22. The van der Waals surface area contributed by atoms with E-state index < -0.39 is 0 Å². The predicted molar refractivity (Wildman–Crippen MR) is 123 cm³/mol. The standard InChI is InChI=1S/C22H25ClN6O/c1-15-3-4-16(13-19(15)23)27-21-20(24)22(26-14-25-21)29-11-9-28(10-12-29)17-5-7-18(30-2)8-6-17/h3-8,13-14H,9-12,24H2,1-2H3,(H,25,26,27). The van der Waals surface area contributed by atoms with Crippen molar-refractivity contribution in [1.29, 1.82) is 0 Å². The van der Waals surface area contributed by atoms with Gasteiger partial charge in [-0.25, -0.2) is 9.97 Å². The van der Waals surface area contributed by atoms with Crippen molar-refractivity contribution in [3.8, 4) is 5.75 Å². The summed E-state index contributed by atoms with van der Waals surface area (Å²) in [5.74, 6) is 2.19. The van der Waals surface area contributed by atoms with Crippen molar-refractivity contribution in [3.05, 3.63) is 59.4 Å². The highest BCUT2D eigenvalue weighted by Gasteiger charge is 2.21. The Hall–Kier alpha value is -3.19. The van der Waals surface area contributed by atoms with Gasteiger partial charge in [0, 0.05) is 42.6 Å². The van der Waals surface area contributed by atoms with Crippen molar-refractivity contribution < 1.29 is 4.74 Å². The van der Waals surface area contributed by atoms with Gasteiger partial charge >= 0.3 is 0 Å². The Bertz CT molecular complexity index is 1020. The molecule has 156 valence electrons. The predicted octanol–water partition coefficient (Wildman–Crippen LogP) is 4.10. The van der Waals surface area contributed by atoms with Crippen molar-refractivity contribution in [3.63, 3.8) is 0 Å². The summed E-state index contributed by atoms with van der Waals surface area (Å²) >= 11 is 6.23. The summed E-state index contributed by atoms with van der Waals surface area (Å²) in [6.07, 6.45) is 1.54. The number of rotatable bonds is 5. The molecule has 0 aliphatic carbocycles. The van der Waals surface area contributed by atoms with Crippen LogP contribution in [-0.2, 0) is 0 Å². The maximum absolute atomic E-state index is 6.42. The average Bonchev–Trinajstić information content (AvgIpc) is 2.78. The van der Waals surface area contributed by atoms with Gasteiger partial charge in [0.2, 0.25) is 0 Å². The van der Waals surface area contributed by atoms with Crippen LogP contribution >= 0.6 is 11.6 Å². The second kappa shape index (κ2) is 8.67. The van der Waals surface area contributed by atoms with E-state index in [0.717, 1.165) is 49.0 Å². The lowest BCUT2D eigenvalue weighted by Crippen LogP contribution is -2.47. The number of methoxy groups -OCH3 is 1. The summed E-state index contributed by atoms with van der Waals surface area (Å²) in [6, 6.07) is 13.9. The zero-order valence-electron chi connectivity index (χ0n) is 17.1. The van der Waals surface area contributed by atoms with Gasteiger partial charge in [0.25, 0.3) is 0 Å². The maximum atomic E-state index is 6.42. The first-order chi connectivity index (χ1) is 14.5. The number of benzene rings is 2. The number of halogens is 1. The number of nitrogens with one attached hydrogen (secondary N) is 1. The number of hydrogen-bond donors (Lipinski definition) is 2. The summed E-state index contributed by atoms with van der Waals surface area (Å²) in [7, 11) is 1.68. The molecule has 3 aromatic rings. The van der Waals surface area contributed by atoms with E-state index >= 15 is 0 Å². The van der Waals surface area contributed by atoms with E-state index in [2.05, 4.69) is 37.2 Å². The number of hydrogen-bond acceptors (Lipinski definition) is 7. The van der Waals surface area contributed by atoms with Crippen LogP contribution in [0.2, 0.25) is 5.02 Å². The first-order valence-corrected chi connectivity index (χ1v) is 10.2. The molecule has 30 heavy (non-hydrogen) atoms. The zero-order valence-corrected chi connectivity index (χ0v) is 17.9. The molecule has 1 aliphatic heterocycles. The van der Waals surface area contributed by atoms with Gasteiger partial charge in [-0.2, -0.15) is 0 Å². The van der Waals surface area contributed by atoms with Gasteiger partial charge < -0.3 is 25.6 Å². The number of ether oxygens (including phenoxy) is 1. The molecule has 7 nitrogen and oxygen atoms in total. The molecule has 2 heterocycles. The molecule has 0 amide bonds. The van der Waals surface area contributed by atoms with Crippen LogP contribution < -0.4 is 25.6 Å².